The first-order valence-electron chi connectivity index (χ1n) is 5.50. The molecule has 0 aliphatic rings. The number of nitriles is 1. The first-order valence-corrected chi connectivity index (χ1v) is 7.36. The van der Waals surface area contributed by atoms with E-state index in [0.717, 1.165) is 0 Å². The Hall–Kier alpha value is -1.09. The quantitative estimate of drug-likeness (QED) is 0.924. The summed E-state index contributed by atoms with van der Waals surface area (Å²) in [5.74, 6) is 0.178. The predicted molar refractivity (Wildman–Crippen MR) is 70.8 cm³/mol. The van der Waals surface area contributed by atoms with E-state index < -0.39 is 10.0 Å². The molecule has 0 aromatic heterocycles. The molecule has 1 rings (SSSR count). The molecule has 0 aliphatic carbocycles. The van der Waals surface area contributed by atoms with E-state index in [9.17, 15) is 8.42 Å². The Morgan fingerprint density at radius 1 is 1.33 bits per heavy atom. The lowest BCUT2D eigenvalue weighted by Gasteiger charge is -2.18. The lowest BCUT2D eigenvalue weighted by molar-refractivity contribution is 0.476. The average Bonchev–Trinajstić information content (AvgIpc) is 2.27. The van der Waals surface area contributed by atoms with Gasteiger partial charge in [-0.25, -0.2) is 13.1 Å². The zero-order valence-electron chi connectivity index (χ0n) is 10.4. The van der Waals surface area contributed by atoms with Crippen molar-refractivity contribution in [1.29, 1.82) is 5.26 Å². The molecule has 0 spiro atoms. The summed E-state index contributed by atoms with van der Waals surface area (Å²) in [6.45, 7) is 5.64. The molecule has 0 radical (unpaired) electrons. The van der Waals surface area contributed by atoms with Crippen LogP contribution in [-0.4, -0.2) is 14.5 Å². The van der Waals surface area contributed by atoms with Crippen LogP contribution in [0.1, 0.15) is 26.3 Å². The minimum absolute atomic E-state index is 0.00401. The molecule has 0 aliphatic heterocycles. The highest BCUT2D eigenvalue weighted by Crippen LogP contribution is 2.23. The van der Waals surface area contributed by atoms with Crippen LogP contribution in [0.2, 0.25) is 5.02 Å². The van der Waals surface area contributed by atoms with Gasteiger partial charge in [-0.1, -0.05) is 25.4 Å². The van der Waals surface area contributed by atoms with Crippen molar-refractivity contribution in [3.63, 3.8) is 0 Å². The molecule has 0 amide bonds. The van der Waals surface area contributed by atoms with Crippen LogP contribution in [0, 0.1) is 17.2 Å². The SMILES string of the molecule is CC(C)C(C)NS(=O)(=O)c1ccc(C#N)cc1Cl. The maximum Gasteiger partial charge on any atom is 0.242 e. The van der Waals surface area contributed by atoms with Crippen LogP contribution < -0.4 is 4.72 Å². The zero-order valence-corrected chi connectivity index (χ0v) is 12.0. The van der Waals surface area contributed by atoms with Crippen molar-refractivity contribution < 1.29 is 8.42 Å². The number of hydrogen-bond donors (Lipinski definition) is 1. The van der Waals surface area contributed by atoms with Crippen LogP contribution in [0.15, 0.2) is 23.1 Å². The molecule has 1 atom stereocenters. The van der Waals surface area contributed by atoms with Gasteiger partial charge in [0.25, 0.3) is 0 Å². The zero-order chi connectivity index (χ0) is 13.9. The maximum absolute atomic E-state index is 12.1. The molecular weight excluding hydrogens is 272 g/mol. The van der Waals surface area contributed by atoms with Crippen molar-refractivity contribution in [3.05, 3.63) is 28.8 Å². The highest BCUT2D eigenvalue weighted by atomic mass is 35.5. The Morgan fingerprint density at radius 3 is 2.39 bits per heavy atom. The topological polar surface area (TPSA) is 70.0 Å². The third-order valence-electron chi connectivity index (χ3n) is 2.69. The Morgan fingerprint density at radius 2 is 1.94 bits per heavy atom. The van der Waals surface area contributed by atoms with Gasteiger partial charge in [0.05, 0.1) is 16.7 Å². The van der Waals surface area contributed by atoms with Crippen molar-refractivity contribution in [3.8, 4) is 6.07 Å². The highest BCUT2D eigenvalue weighted by Gasteiger charge is 2.21. The minimum Gasteiger partial charge on any atom is -0.208 e. The van der Waals surface area contributed by atoms with E-state index in [2.05, 4.69) is 4.72 Å². The van der Waals surface area contributed by atoms with Crippen molar-refractivity contribution in [2.24, 2.45) is 5.92 Å². The molecule has 0 heterocycles. The summed E-state index contributed by atoms with van der Waals surface area (Å²) in [4.78, 5) is -0.00401. The van der Waals surface area contributed by atoms with E-state index in [4.69, 9.17) is 16.9 Å². The van der Waals surface area contributed by atoms with Gasteiger partial charge in [-0.3, -0.25) is 0 Å². The summed E-state index contributed by atoms with van der Waals surface area (Å²) in [5.41, 5.74) is 0.329. The van der Waals surface area contributed by atoms with Crippen LogP contribution in [-0.2, 0) is 10.0 Å². The van der Waals surface area contributed by atoms with E-state index in [1.807, 2.05) is 19.9 Å². The van der Waals surface area contributed by atoms with Gasteiger partial charge in [0.1, 0.15) is 4.90 Å². The summed E-state index contributed by atoms with van der Waals surface area (Å²) in [5, 5.41) is 8.75. The lowest BCUT2D eigenvalue weighted by atomic mass is 10.1. The largest absolute Gasteiger partial charge is 0.242 e. The molecule has 1 aromatic carbocycles. The molecule has 0 saturated carbocycles. The van der Waals surface area contributed by atoms with Crippen molar-refractivity contribution in [2.45, 2.75) is 31.7 Å². The number of sulfonamides is 1. The average molecular weight is 287 g/mol. The van der Waals surface area contributed by atoms with Gasteiger partial charge < -0.3 is 0 Å². The molecule has 1 N–H and O–H groups in total. The van der Waals surface area contributed by atoms with Gasteiger partial charge >= 0.3 is 0 Å². The number of halogens is 1. The smallest absolute Gasteiger partial charge is 0.208 e. The molecule has 1 unspecified atom stereocenters. The maximum atomic E-state index is 12.1. The molecule has 18 heavy (non-hydrogen) atoms. The standard InChI is InChI=1S/C12H15ClN2O2S/c1-8(2)9(3)15-18(16,17)12-5-4-10(7-14)6-11(12)13/h4-6,8-9,15H,1-3H3. The Balaban J connectivity index is 3.10. The number of hydrogen-bond acceptors (Lipinski definition) is 3. The number of benzene rings is 1. The van der Waals surface area contributed by atoms with Gasteiger partial charge in [-0.15, -0.1) is 0 Å². The molecule has 0 saturated heterocycles. The highest BCUT2D eigenvalue weighted by molar-refractivity contribution is 7.89. The number of nitrogens with zero attached hydrogens (tertiary/aromatic N) is 1. The molecule has 0 bridgehead atoms. The van der Waals surface area contributed by atoms with Crippen LogP contribution in [0.4, 0.5) is 0 Å². The van der Waals surface area contributed by atoms with Crippen LogP contribution >= 0.6 is 11.6 Å². The van der Waals surface area contributed by atoms with Gasteiger partial charge in [-0.2, -0.15) is 5.26 Å². The summed E-state index contributed by atoms with van der Waals surface area (Å²) < 4.78 is 26.7. The van der Waals surface area contributed by atoms with E-state index >= 15 is 0 Å². The number of nitrogens with one attached hydrogen (secondary N) is 1. The molecule has 4 nitrogen and oxygen atoms in total. The fourth-order valence-electron chi connectivity index (χ4n) is 1.23. The van der Waals surface area contributed by atoms with E-state index in [0.29, 0.717) is 5.56 Å². The molecule has 98 valence electrons. The van der Waals surface area contributed by atoms with E-state index in [-0.39, 0.29) is 21.9 Å². The Bertz CT molecular complexity index is 576. The van der Waals surface area contributed by atoms with Gasteiger partial charge in [0.2, 0.25) is 10.0 Å². The summed E-state index contributed by atoms with van der Waals surface area (Å²) >= 11 is 5.89. The first-order chi connectivity index (χ1) is 8.27. The predicted octanol–water partition coefficient (Wildman–Crippen LogP) is 2.53. The fraction of sp³-hybridized carbons (Fsp3) is 0.417. The van der Waals surface area contributed by atoms with Crippen LogP contribution in [0.3, 0.4) is 0 Å². The fourth-order valence-corrected chi connectivity index (χ4v) is 3.17. The summed E-state index contributed by atoms with van der Waals surface area (Å²) in [7, 11) is -3.65. The van der Waals surface area contributed by atoms with Crippen molar-refractivity contribution in [2.75, 3.05) is 0 Å². The molecule has 1 aromatic rings. The minimum atomic E-state index is -3.65. The van der Waals surface area contributed by atoms with Crippen molar-refractivity contribution in [1.82, 2.24) is 4.72 Å². The van der Waals surface area contributed by atoms with Gasteiger partial charge in [0, 0.05) is 6.04 Å². The second kappa shape index (κ2) is 5.70. The van der Waals surface area contributed by atoms with Gasteiger partial charge in [0.15, 0.2) is 0 Å². The summed E-state index contributed by atoms with van der Waals surface area (Å²) in [6, 6.07) is 5.83. The molecular formula is C12H15ClN2O2S. The van der Waals surface area contributed by atoms with Gasteiger partial charge in [-0.05, 0) is 31.0 Å². The van der Waals surface area contributed by atoms with Crippen LogP contribution in [0.25, 0.3) is 0 Å². The normalized spacial score (nSPS) is 13.3. The number of rotatable bonds is 4. The second-order valence-corrected chi connectivity index (χ2v) is 6.50. The lowest BCUT2D eigenvalue weighted by Crippen LogP contribution is -2.36. The Labute approximate surface area is 113 Å². The first kappa shape index (κ1) is 15.0. The third-order valence-corrected chi connectivity index (χ3v) is 4.73. The van der Waals surface area contributed by atoms with Crippen LogP contribution in [0.5, 0.6) is 0 Å². The summed E-state index contributed by atoms with van der Waals surface area (Å²) in [6.07, 6.45) is 0. The van der Waals surface area contributed by atoms with Crippen molar-refractivity contribution >= 4 is 21.6 Å². The van der Waals surface area contributed by atoms with E-state index in [1.165, 1.54) is 18.2 Å². The monoisotopic (exact) mass is 286 g/mol. The molecule has 0 fully saturated rings. The second-order valence-electron chi connectivity index (χ2n) is 4.41. The molecule has 6 heteroatoms. The third kappa shape index (κ3) is 3.45. The van der Waals surface area contributed by atoms with E-state index in [1.54, 1.807) is 6.92 Å². The Kier molecular flexibility index (Phi) is 4.74.